The molecule has 1 heterocycles. The fourth-order valence-electron chi connectivity index (χ4n) is 2.36. The second-order valence-electron chi connectivity index (χ2n) is 5.32. The number of hydrogen-bond acceptors (Lipinski definition) is 4. The molecule has 0 bridgehead atoms. The van der Waals surface area contributed by atoms with Crippen LogP contribution in [0.15, 0.2) is 53.3 Å². The molecule has 0 fully saturated rings. The van der Waals surface area contributed by atoms with Crippen LogP contribution in [0.4, 0.5) is 13.2 Å². The Hall–Kier alpha value is -3.36. The number of hydrogen-bond donors (Lipinski definition) is 2. The van der Waals surface area contributed by atoms with E-state index in [-0.39, 0.29) is 18.0 Å². The number of nitrogens with one attached hydrogen (secondary N) is 2. The summed E-state index contributed by atoms with van der Waals surface area (Å²) in [5.74, 6) is -0.867. The number of carbonyl (C=O) groups is 1. The fourth-order valence-corrected chi connectivity index (χ4v) is 2.36. The summed E-state index contributed by atoms with van der Waals surface area (Å²) < 4.78 is 40.2. The normalized spacial score (nSPS) is 11.3. The highest BCUT2D eigenvalue weighted by Crippen LogP contribution is 2.22. The standard InChI is InChI=1S/C17H12F3N3O3/c18-17(19,20)26-11-7-5-10(6-8-11)9-21-16(25)14-12-3-1-2-4-13(12)15(24)23-22-14/h1-8H,9H2,(H,21,25)(H,23,24). The highest BCUT2D eigenvalue weighted by atomic mass is 19.4. The highest BCUT2D eigenvalue weighted by Gasteiger charge is 2.30. The van der Waals surface area contributed by atoms with Crippen LogP contribution in [-0.4, -0.2) is 22.5 Å². The molecule has 2 N–H and O–H groups in total. The van der Waals surface area contributed by atoms with Crippen LogP contribution in [0.3, 0.4) is 0 Å². The monoisotopic (exact) mass is 363 g/mol. The quantitative estimate of drug-likeness (QED) is 0.747. The Morgan fingerprint density at radius 2 is 1.73 bits per heavy atom. The number of ether oxygens (including phenoxy) is 1. The van der Waals surface area contributed by atoms with Crippen LogP contribution in [0, 0.1) is 0 Å². The third-order valence-corrected chi connectivity index (χ3v) is 3.52. The van der Waals surface area contributed by atoms with Crippen molar-refractivity contribution in [2.24, 2.45) is 0 Å². The molecule has 0 atom stereocenters. The first-order valence-electron chi connectivity index (χ1n) is 7.44. The average Bonchev–Trinajstić information content (AvgIpc) is 2.60. The van der Waals surface area contributed by atoms with Crippen LogP contribution in [-0.2, 0) is 6.54 Å². The lowest BCUT2D eigenvalue weighted by atomic mass is 10.1. The molecular formula is C17H12F3N3O3. The molecule has 0 aliphatic carbocycles. The zero-order valence-corrected chi connectivity index (χ0v) is 13.1. The molecule has 0 unspecified atom stereocenters. The van der Waals surface area contributed by atoms with Crippen molar-refractivity contribution >= 4 is 16.7 Å². The van der Waals surface area contributed by atoms with Gasteiger partial charge in [0, 0.05) is 11.9 Å². The second-order valence-corrected chi connectivity index (χ2v) is 5.32. The van der Waals surface area contributed by atoms with E-state index >= 15 is 0 Å². The topological polar surface area (TPSA) is 84.1 Å². The highest BCUT2D eigenvalue weighted by molar-refractivity contribution is 6.04. The summed E-state index contributed by atoms with van der Waals surface area (Å²) in [6.07, 6.45) is -4.76. The number of nitrogens with zero attached hydrogens (tertiary/aromatic N) is 1. The van der Waals surface area contributed by atoms with Gasteiger partial charge in [-0.25, -0.2) is 5.10 Å². The molecule has 2 aromatic carbocycles. The largest absolute Gasteiger partial charge is 0.573 e. The van der Waals surface area contributed by atoms with Crippen molar-refractivity contribution in [3.63, 3.8) is 0 Å². The third-order valence-electron chi connectivity index (χ3n) is 3.52. The molecule has 0 saturated heterocycles. The summed E-state index contributed by atoms with van der Waals surface area (Å²) in [6.45, 7) is 0.0697. The van der Waals surface area contributed by atoms with E-state index in [4.69, 9.17) is 0 Å². The molecule has 0 aliphatic heterocycles. The summed E-state index contributed by atoms with van der Waals surface area (Å²) in [5, 5.41) is 9.39. The van der Waals surface area contributed by atoms with Crippen molar-refractivity contribution in [1.82, 2.24) is 15.5 Å². The Labute approximate surface area is 144 Å². The molecule has 0 spiro atoms. The predicted octanol–water partition coefficient (Wildman–Crippen LogP) is 2.75. The van der Waals surface area contributed by atoms with Crippen molar-refractivity contribution in [3.05, 3.63) is 70.1 Å². The van der Waals surface area contributed by atoms with Crippen LogP contribution >= 0.6 is 0 Å². The van der Waals surface area contributed by atoms with Crippen LogP contribution in [0.25, 0.3) is 10.8 Å². The number of aromatic amines is 1. The van der Waals surface area contributed by atoms with Crippen molar-refractivity contribution < 1.29 is 22.7 Å². The van der Waals surface area contributed by atoms with Gasteiger partial charge in [0.2, 0.25) is 0 Å². The lowest BCUT2D eigenvalue weighted by Gasteiger charge is -2.10. The smallest absolute Gasteiger partial charge is 0.406 e. The molecule has 3 aromatic rings. The lowest BCUT2D eigenvalue weighted by Crippen LogP contribution is -2.26. The predicted molar refractivity (Wildman–Crippen MR) is 86.7 cm³/mol. The van der Waals surface area contributed by atoms with E-state index < -0.39 is 17.8 Å². The number of alkyl halides is 3. The first kappa shape index (κ1) is 17.5. The summed E-state index contributed by atoms with van der Waals surface area (Å²) >= 11 is 0. The Morgan fingerprint density at radius 1 is 1.08 bits per heavy atom. The molecular weight excluding hydrogens is 351 g/mol. The number of amides is 1. The Balaban J connectivity index is 1.72. The van der Waals surface area contributed by atoms with Gasteiger partial charge in [-0.15, -0.1) is 13.2 Å². The number of carbonyl (C=O) groups excluding carboxylic acids is 1. The van der Waals surface area contributed by atoms with Crippen molar-refractivity contribution in [2.45, 2.75) is 12.9 Å². The van der Waals surface area contributed by atoms with Crippen molar-refractivity contribution in [2.75, 3.05) is 0 Å². The van der Waals surface area contributed by atoms with Gasteiger partial charge in [0.15, 0.2) is 5.69 Å². The molecule has 0 saturated carbocycles. The first-order chi connectivity index (χ1) is 12.3. The van der Waals surface area contributed by atoms with Gasteiger partial charge >= 0.3 is 6.36 Å². The van der Waals surface area contributed by atoms with Crippen LogP contribution in [0.1, 0.15) is 16.1 Å². The number of benzene rings is 2. The minimum Gasteiger partial charge on any atom is -0.406 e. The molecule has 1 aromatic heterocycles. The molecule has 26 heavy (non-hydrogen) atoms. The number of fused-ring (bicyclic) bond motifs is 1. The van der Waals surface area contributed by atoms with E-state index in [1.54, 1.807) is 24.3 Å². The SMILES string of the molecule is O=C(NCc1ccc(OC(F)(F)F)cc1)c1n[nH]c(=O)c2ccccc12. The van der Waals surface area contributed by atoms with Gasteiger partial charge in [0.05, 0.1) is 5.39 Å². The first-order valence-corrected chi connectivity index (χ1v) is 7.44. The van der Waals surface area contributed by atoms with Gasteiger partial charge in [-0.05, 0) is 23.8 Å². The van der Waals surface area contributed by atoms with E-state index in [1.165, 1.54) is 12.1 Å². The van der Waals surface area contributed by atoms with Gasteiger partial charge < -0.3 is 10.1 Å². The second kappa shape index (κ2) is 6.87. The Bertz CT molecular complexity index is 998. The van der Waals surface area contributed by atoms with E-state index in [2.05, 4.69) is 20.3 Å². The maximum atomic E-state index is 12.3. The maximum absolute atomic E-state index is 12.3. The number of rotatable bonds is 4. The van der Waals surface area contributed by atoms with Crippen LogP contribution in [0.2, 0.25) is 0 Å². The Kier molecular flexibility index (Phi) is 4.61. The lowest BCUT2D eigenvalue weighted by molar-refractivity contribution is -0.274. The minimum absolute atomic E-state index is 0.0530. The maximum Gasteiger partial charge on any atom is 0.573 e. The zero-order valence-electron chi connectivity index (χ0n) is 13.1. The van der Waals surface area contributed by atoms with E-state index in [9.17, 15) is 22.8 Å². The summed E-state index contributed by atoms with van der Waals surface area (Å²) in [7, 11) is 0. The van der Waals surface area contributed by atoms with E-state index in [1.807, 2.05) is 0 Å². The number of aromatic nitrogens is 2. The molecule has 6 nitrogen and oxygen atoms in total. The molecule has 3 rings (SSSR count). The molecule has 9 heteroatoms. The average molecular weight is 363 g/mol. The number of H-pyrrole nitrogens is 1. The van der Waals surface area contributed by atoms with Gasteiger partial charge in [0.25, 0.3) is 11.5 Å². The van der Waals surface area contributed by atoms with Gasteiger partial charge in [-0.2, -0.15) is 5.10 Å². The molecule has 0 aliphatic rings. The van der Waals surface area contributed by atoms with Crippen LogP contribution < -0.4 is 15.6 Å². The van der Waals surface area contributed by atoms with E-state index in [0.29, 0.717) is 16.3 Å². The molecule has 1 amide bonds. The zero-order chi connectivity index (χ0) is 18.7. The summed E-state index contributed by atoms with van der Waals surface area (Å²) in [5.41, 5.74) is 0.219. The summed E-state index contributed by atoms with van der Waals surface area (Å²) in [4.78, 5) is 24.1. The molecule has 0 radical (unpaired) electrons. The third kappa shape index (κ3) is 4.00. The van der Waals surface area contributed by atoms with Crippen molar-refractivity contribution in [1.29, 1.82) is 0 Å². The Morgan fingerprint density at radius 3 is 2.38 bits per heavy atom. The summed E-state index contributed by atoms with van der Waals surface area (Å²) in [6, 6.07) is 11.6. The minimum atomic E-state index is -4.76. The van der Waals surface area contributed by atoms with Crippen molar-refractivity contribution in [3.8, 4) is 5.75 Å². The van der Waals surface area contributed by atoms with Gasteiger partial charge in [-0.1, -0.05) is 30.3 Å². The fraction of sp³-hybridized carbons (Fsp3) is 0.118. The van der Waals surface area contributed by atoms with Crippen LogP contribution in [0.5, 0.6) is 5.75 Å². The van der Waals surface area contributed by atoms with Gasteiger partial charge in [0.1, 0.15) is 5.75 Å². The molecule has 134 valence electrons. The van der Waals surface area contributed by atoms with Gasteiger partial charge in [-0.3, -0.25) is 9.59 Å². The number of halogens is 3. The van der Waals surface area contributed by atoms with E-state index in [0.717, 1.165) is 12.1 Å².